The Morgan fingerprint density at radius 2 is 1.76 bits per heavy atom. The van der Waals surface area contributed by atoms with Crippen LogP contribution < -0.4 is 4.72 Å². The molecule has 0 aliphatic rings. The SMILES string of the molecule is O=S(=O)(Cc1cccc(CO)c1)Nc1ccc(Br)cc1Br. The molecule has 0 saturated carbocycles. The van der Waals surface area contributed by atoms with Gasteiger partial charge in [0.2, 0.25) is 10.0 Å². The Morgan fingerprint density at radius 3 is 2.43 bits per heavy atom. The monoisotopic (exact) mass is 433 g/mol. The molecular weight excluding hydrogens is 422 g/mol. The lowest BCUT2D eigenvalue weighted by Crippen LogP contribution is -2.15. The second kappa shape index (κ2) is 6.91. The molecule has 2 N–H and O–H groups in total. The highest BCUT2D eigenvalue weighted by atomic mass is 79.9. The molecule has 0 aromatic heterocycles. The second-order valence-corrected chi connectivity index (χ2v) is 7.96. The Balaban J connectivity index is 2.18. The second-order valence-electron chi connectivity index (χ2n) is 4.46. The largest absolute Gasteiger partial charge is 0.392 e. The van der Waals surface area contributed by atoms with E-state index < -0.39 is 10.0 Å². The van der Waals surface area contributed by atoms with Crippen LogP contribution in [0.5, 0.6) is 0 Å². The zero-order chi connectivity index (χ0) is 15.5. The third-order valence-corrected chi connectivity index (χ3v) is 5.12. The molecule has 0 bridgehead atoms. The van der Waals surface area contributed by atoms with Crippen LogP contribution in [0.2, 0.25) is 0 Å². The number of halogens is 2. The Bertz CT molecular complexity index is 748. The van der Waals surface area contributed by atoms with Crippen molar-refractivity contribution in [1.82, 2.24) is 0 Å². The van der Waals surface area contributed by atoms with Crippen molar-refractivity contribution < 1.29 is 13.5 Å². The molecule has 0 spiro atoms. The smallest absolute Gasteiger partial charge is 0.236 e. The lowest BCUT2D eigenvalue weighted by molar-refractivity contribution is 0.282. The summed E-state index contributed by atoms with van der Waals surface area (Å²) in [6.07, 6.45) is 0. The zero-order valence-corrected chi connectivity index (χ0v) is 14.9. The third kappa shape index (κ3) is 4.81. The van der Waals surface area contributed by atoms with Crippen molar-refractivity contribution in [3.05, 3.63) is 62.5 Å². The van der Waals surface area contributed by atoms with Crippen LogP contribution in [0, 0.1) is 0 Å². The fourth-order valence-electron chi connectivity index (χ4n) is 1.81. The van der Waals surface area contributed by atoms with E-state index in [1.54, 1.807) is 42.5 Å². The van der Waals surface area contributed by atoms with Crippen molar-refractivity contribution in [2.45, 2.75) is 12.4 Å². The van der Waals surface area contributed by atoms with E-state index in [0.717, 1.165) is 4.47 Å². The van der Waals surface area contributed by atoms with Crippen molar-refractivity contribution in [3.63, 3.8) is 0 Å². The number of aliphatic hydroxyl groups is 1. The predicted octanol–water partition coefficient (Wildman–Crippen LogP) is 3.65. The fraction of sp³-hybridized carbons (Fsp3) is 0.143. The van der Waals surface area contributed by atoms with Crippen molar-refractivity contribution in [2.75, 3.05) is 4.72 Å². The van der Waals surface area contributed by atoms with E-state index in [9.17, 15) is 8.42 Å². The first-order chi connectivity index (χ1) is 9.89. The van der Waals surface area contributed by atoms with Crippen LogP contribution in [-0.4, -0.2) is 13.5 Å². The van der Waals surface area contributed by atoms with E-state index in [-0.39, 0.29) is 12.4 Å². The first kappa shape index (κ1) is 16.5. The van der Waals surface area contributed by atoms with Crippen molar-refractivity contribution in [1.29, 1.82) is 0 Å². The van der Waals surface area contributed by atoms with E-state index >= 15 is 0 Å². The number of anilines is 1. The molecule has 0 fully saturated rings. The molecule has 0 amide bonds. The Hall–Kier alpha value is -0.890. The fourth-order valence-corrected chi connectivity index (χ4v) is 4.29. The van der Waals surface area contributed by atoms with Crippen LogP contribution in [0.4, 0.5) is 5.69 Å². The topological polar surface area (TPSA) is 66.4 Å². The molecule has 2 rings (SSSR count). The van der Waals surface area contributed by atoms with Crippen LogP contribution in [0.1, 0.15) is 11.1 Å². The van der Waals surface area contributed by atoms with Crippen LogP contribution in [0.25, 0.3) is 0 Å². The highest BCUT2D eigenvalue weighted by Gasteiger charge is 2.14. The van der Waals surface area contributed by atoms with Gasteiger partial charge in [-0.05, 0) is 45.3 Å². The van der Waals surface area contributed by atoms with E-state index in [0.29, 0.717) is 21.3 Å². The molecule has 21 heavy (non-hydrogen) atoms. The third-order valence-electron chi connectivity index (χ3n) is 2.73. The molecule has 0 atom stereocenters. The average Bonchev–Trinajstić information content (AvgIpc) is 2.41. The van der Waals surface area contributed by atoms with Crippen LogP contribution in [0.3, 0.4) is 0 Å². The molecule has 0 radical (unpaired) electrons. The molecule has 2 aromatic rings. The van der Waals surface area contributed by atoms with Gasteiger partial charge in [-0.25, -0.2) is 8.42 Å². The van der Waals surface area contributed by atoms with Gasteiger partial charge in [-0.3, -0.25) is 4.72 Å². The van der Waals surface area contributed by atoms with Gasteiger partial charge in [0.15, 0.2) is 0 Å². The Kier molecular flexibility index (Phi) is 5.43. The number of hydrogen-bond acceptors (Lipinski definition) is 3. The zero-order valence-electron chi connectivity index (χ0n) is 10.9. The maximum absolute atomic E-state index is 12.2. The molecule has 7 heteroatoms. The number of aliphatic hydroxyl groups excluding tert-OH is 1. The summed E-state index contributed by atoms with van der Waals surface area (Å²) in [5.74, 6) is -0.149. The summed E-state index contributed by atoms with van der Waals surface area (Å²) in [5, 5.41) is 9.08. The first-order valence-electron chi connectivity index (χ1n) is 6.04. The summed E-state index contributed by atoms with van der Waals surface area (Å²) in [6, 6.07) is 12.1. The molecule has 0 unspecified atom stereocenters. The maximum Gasteiger partial charge on any atom is 0.236 e. The number of hydrogen-bond donors (Lipinski definition) is 2. The van der Waals surface area contributed by atoms with E-state index in [4.69, 9.17) is 5.11 Å². The summed E-state index contributed by atoms with van der Waals surface area (Å²) < 4.78 is 28.5. The van der Waals surface area contributed by atoms with Crippen molar-refractivity contribution >= 4 is 47.6 Å². The normalized spacial score (nSPS) is 11.4. The van der Waals surface area contributed by atoms with Gasteiger partial charge in [-0.2, -0.15) is 0 Å². The van der Waals surface area contributed by atoms with Gasteiger partial charge in [0.05, 0.1) is 18.0 Å². The van der Waals surface area contributed by atoms with Crippen LogP contribution in [0.15, 0.2) is 51.4 Å². The molecule has 4 nitrogen and oxygen atoms in total. The maximum atomic E-state index is 12.2. The molecule has 0 saturated heterocycles. The lowest BCUT2D eigenvalue weighted by Gasteiger charge is -2.10. The van der Waals surface area contributed by atoms with Gasteiger partial charge < -0.3 is 5.11 Å². The van der Waals surface area contributed by atoms with E-state index in [1.807, 2.05) is 0 Å². The average molecular weight is 435 g/mol. The summed E-state index contributed by atoms with van der Waals surface area (Å²) in [4.78, 5) is 0. The lowest BCUT2D eigenvalue weighted by atomic mass is 10.1. The van der Waals surface area contributed by atoms with E-state index in [1.165, 1.54) is 0 Å². The minimum atomic E-state index is -3.52. The van der Waals surface area contributed by atoms with Gasteiger partial charge >= 0.3 is 0 Å². The number of benzene rings is 2. The van der Waals surface area contributed by atoms with Crippen LogP contribution >= 0.6 is 31.9 Å². The highest BCUT2D eigenvalue weighted by molar-refractivity contribution is 9.11. The Morgan fingerprint density at radius 1 is 1.05 bits per heavy atom. The quantitative estimate of drug-likeness (QED) is 0.754. The van der Waals surface area contributed by atoms with Crippen LogP contribution in [-0.2, 0) is 22.4 Å². The number of nitrogens with one attached hydrogen (secondary N) is 1. The molecule has 0 aliphatic heterocycles. The van der Waals surface area contributed by atoms with Gasteiger partial charge in [0.25, 0.3) is 0 Å². The number of sulfonamides is 1. The summed E-state index contributed by atoms with van der Waals surface area (Å²) in [6.45, 7) is -0.112. The predicted molar refractivity (Wildman–Crippen MR) is 90.5 cm³/mol. The summed E-state index contributed by atoms with van der Waals surface area (Å²) in [5.41, 5.74) is 1.80. The van der Waals surface area contributed by atoms with Gasteiger partial charge in [0, 0.05) is 8.95 Å². The van der Waals surface area contributed by atoms with Gasteiger partial charge in [-0.1, -0.05) is 40.2 Å². The molecule has 0 aliphatic carbocycles. The molecule has 2 aromatic carbocycles. The van der Waals surface area contributed by atoms with Gasteiger partial charge in [0.1, 0.15) is 0 Å². The Labute approximate surface area is 140 Å². The molecule has 112 valence electrons. The first-order valence-corrected chi connectivity index (χ1v) is 9.28. The summed E-state index contributed by atoms with van der Waals surface area (Å²) in [7, 11) is -3.52. The minimum absolute atomic E-state index is 0.112. The minimum Gasteiger partial charge on any atom is -0.392 e. The summed E-state index contributed by atoms with van der Waals surface area (Å²) >= 11 is 6.63. The standard InChI is InChI=1S/C14H13Br2NO3S/c15-12-4-5-14(13(16)7-12)17-21(19,20)9-11-3-1-2-10(6-11)8-18/h1-7,17-18H,8-9H2. The molecule has 0 heterocycles. The number of rotatable bonds is 5. The van der Waals surface area contributed by atoms with Crippen molar-refractivity contribution in [2.24, 2.45) is 0 Å². The highest BCUT2D eigenvalue weighted by Crippen LogP contribution is 2.27. The van der Waals surface area contributed by atoms with E-state index in [2.05, 4.69) is 36.6 Å². The molecular formula is C14H13Br2NO3S. The van der Waals surface area contributed by atoms with Gasteiger partial charge in [-0.15, -0.1) is 0 Å². The van der Waals surface area contributed by atoms with Crippen molar-refractivity contribution in [3.8, 4) is 0 Å².